The first kappa shape index (κ1) is 22.6. The number of thiophene rings is 1. The van der Waals surface area contributed by atoms with Gasteiger partial charge in [-0.3, -0.25) is 4.79 Å². The van der Waals surface area contributed by atoms with Crippen molar-refractivity contribution in [1.29, 1.82) is 0 Å². The van der Waals surface area contributed by atoms with Crippen molar-refractivity contribution in [2.24, 2.45) is 0 Å². The van der Waals surface area contributed by atoms with Gasteiger partial charge in [0.25, 0.3) is 0 Å². The number of halogens is 1. The highest BCUT2D eigenvalue weighted by Gasteiger charge is 2.24. The van der Waals surface area contributed by atoms with Crippen molar-refractivity contribution in [3.63, 3.8) is 0 Å². The Bertz CT molecular complexity index is 833. The zero-order chi connectivity index (χ0) is 20.7. The smallest absolute Gasteiger partial charge is 0.341 e. The number of carbonyl (C=O) groups excluding carboxylic acids is 2. The second-order valence-corrected chi connectivity index (χ2v) is 7.93. The molecule has 0 bridgehead atoms. The van der Waals surface area contributed by atoms with E-state index in [9.17, 15) is 9.59 Å². The van der Waals surface area contributed by atoms with Crippen LogP contribution in [-0.4, -0.2) is 49.6 Å². The number of amides is 1. The molecule has 154 valence electrons. The fourth-order valence-electron chi connectivity index (χ4n) is 2.77. The Morgan fingerprint density at radius 1 is 1.18 bits per heavy atom. The maximum absolute atomic E-state index is 12.6. The molecule has 1 amide bonds. The third-order valence-corrected chi connectivity index (χ3v) is 6.11. The average Bonchev–Trinajstić information content (AvgIpc) is 3.04. The number of likely N-dealkylation sites (N-methyl/N-ethyl adjacent to an activating group) is 1. The molecule has 0 spiro atoms. The van der Waals surface area contributed by atoms with Gasteiger partial charge in [0, 0.05) is 18.4 Å². The standard InChI is InChI=1S/C20H27BrN2O4S/c1-5-15(24)22-19-16(20(25)26-8-4)13-9-10-14(21)17(18(13)28-19)27-12-11-23(6-2)7-3/h9-10H,5-8,11-12H2,1-4H3,(H,22,24). The SMILES string of the molecule is CCOC(=O)c1c(NC(=O)CC)sc2c(OCCN(CC)CC)c(Br)ccc12. The van der Waals surface area contributed by atoms with Gasteiger partial charge in [0.05, 0.1) is 15.8 Å². The molecule has 0 radical (unpaired) electrons. The topological polar surface area (TPSA) is 67.9 Å². The van der Waals surface area contributed by atoms with E-state index < -0.39 is 5.97 Å². The van der Waals surface area contributed by atoms with Crippen LogP contribution in [0.4, 0.5) is 5.00 Å². The zero-order valence-electron chi connectivity index (χ0n) is 16.8. The molecule has 0 aliphatic heterocycles. The molecule has 8 heteroatoms. The van der Waals surface area contributed by atoms with Crippen LogP contribution in [-0.2, 0) is 9.53 Å². The van der Waals surface area contributed by atoms with Crippen molar-refractivity contribution < 1.29 is 19.1 Å². The Morgan fingerprint density at radius 2 is 1.89 bits per heavy atom. The monoisotopic (exact) mass is 470 g/mol. The van der Waals surface area contributed by atoms with Crippen molar-refractivity contribution in [1.82, 2.24) is 4.90 Å². The molecule has 0 aliphatic rings. The number of carbonyl (C=O) groups is 2. The van der Waals surface area contributed by atoms with Gasteiger partial charge in [-0.05, 0) is 42.0 Å². The van der Waals surface area contributed by atoms with Gasteiger partial charge >= 0.3 is 5.97 Å². The Labute approximate surface area is 178 Å². The zero-order valence-corrected chi connectivity index (χ0v) is 19.2. The first-order valence-electron chi connectivity index (χ1n) is 9.53. The Balaban J connectivity index is 2.45. The normalized spacial score (nSPS) is 11.1. The van der Waals surface area contributed by atoms with Gasteiger partial charge in [0.1, 0.15) is 17.2 Å². The Morgan fingerprint density at radius 3 is 2.50 bits per heavy atom. The Kier molecular flexibility index (Phi) is 8.72. The quantitative estimate of drug-likeness (QED) is 0.499. The van der Waals surface area contributed by atoms with Crippen LogP contribution >= 0.6 is 27.3 Å². The molecule has 0 fully saturated rings. The molecule has 0 saturated heterocycles. The second-order valence-electron chi connectivity index (χ2n) is 6.06. The van der Waals surface area contributed by atoms with Crippen LogP contribution in [0.15, 0.2) is 16.6 Å². The Hall–Kier alpha value is -1.64. The number of hydrogen-bond acceptors (Lipinski definition) is 6. The lowest BCUT2D eigenvalue weighted by Gasteiger charge is -2.18. The molecular formula is C20H27BrN2O4S. The predicted octanol–water partition coefficient (Wildman–Crippen LogP) is 4.91. The minimum atomic E-state index is -0.448. The van der Waals surface area contributed by atoms with Crippen molar-refractivity contribution in [3.8, 4) is 5.75 Å². The number of fused-ring (bicyclic) bond motifs is 1. The number of rotatable bonds is 10. The summed E-state index contributed by atoms with van der Waals surface area (Å²) in [5.74, 6) is 0.0777. The van der Waals surface area contributed by atoms with Crippen molar-refractivity contribution >= 4 is 54.2 Å². The van der Waals surface area contributed by atoms with Crippen LogP contribution < -0.4 is 10.1 Å². The average molecular weight is 471 g/mol. The summed E-state index contributed by atoms with van der Waals surface area (Å²) < 4.78 is 12.9. The summed E-state index contributed by atoms with van der Waals surface area (Å²) in [7, 11) is 0. The van der Waals surface area contributed by atoms with Gasteiger partial charge < -0.3 is 19.7 Å². The van der Waals surface area contributed by atoms with Crippen LogP contribution in [0.3, 0.4) is 0 Å². The van der Waals surface area contributed by atoms with Gasteiger partial charge in [-0.2, -0.15) is 0 Å². The lowest BCUT2D eigenvalue weighted by molar-refractivity contribution is -0.115. The van der Waals surface area contributed by atoms with E-state index in [0.717, 1.165) is 34.2 Å². The summed E-state index contributed by atoms with van der Waals surface area (Å²) in [5.41, 5.74) is 0.379. The number of hydrogen-bond donors (Lipinski definition) is 1. The van der Waals surface area contributed by atoms with E-state index in [1.54, 1.807) is 13.8 Å². The summed E-state index contributed by atoms with van der Waals surface area (Å²) in [5, 5.41) is 4.04. The molecule has 28 heavy (non-hydrogen) atoms. The summed E-state index contributed by atoms with van der Waals surface area (Å²) in [6.07, 6.45) is 0.327. The van der Waals surface area contributed by atoms with Crippen LogP contribution in [0.5, 0.6) is 5.75 Å². The largest absolute Gasteiger partial charge is 0.490 e. The van der Waals surface area contributed by atoms with Gasteiger partial charge in [-0.15, -0.1) is 11.3 Å². The van der Waals surface area contributed by atoms with E-state index in [0.29, 0.717) is 29.3 Å². The third-order valence-electron chi connectivity index (χ3n) is 4.37. The van der Waals surface area contributed by atoms with Gasteiger partial charge in [0.15, 0.2) is 5.75 Å². The summed E-state index contributed by atoms with van der Waals surface area (Å²) in [6, 6.07) is 3.71. The summed E-state index contributed by atoms with van der Waals surface area (Å²) in [4.78, 5) is 26.8. The lowest BCUT2D eigenvalue weighted by atomic mass is 10.1. The molecule has 1 heterocycles. The molecule has 1 aromatic carbocycles. The molecule has 0 saturated carbocycles. The third kappa shape index (κ3) is 5.24. The number of esters is 1. The second kappa shape index (κ2) is 10.8. The highest BCUT2D eigenvalue weighted by molar-refractivity contribution is 9.10. The fraction of sp³-hybridized carbons (Fsp3) is 0.500. The van der Waals surface area contributed by atoms with Crippen molar-refractivity contribution in [2.45, 2.75) is 34.1 Å². The maximum atomic E-state index is 12.6. The number of benzene rings is 1. The molecule has 0 unspecified atom stereocenters. The molecule has 2 rings (SSSR count). The summed E-state index contributed by atoms with van der Waals surface area (Å²) in [6.45, 7) is 11.3. The molecular weight excluding hydrogens is 444 g/mol. The van der Waals surface area contributed by atoms with E-state index in [1.165, 1.54) is 11.3 Å². The number of nitrogens with one attached hydrogen (secondary N) is 1. The number of anilines is 1. The highest BCUT2D eigenvalue weighted by Crippen LogP contribution is 2.44. The molecule has 0 aliphatic carbocycles. The van der Waals surface area contributed by atoms with E-state index in [2.05, 4.69) is 40.0 Å². The molecule has 1 N–H and O–H groups in total. The minimum absolute atomic E-state index is 0.153. The van der Waals surface area contributed by atoms with Crippen LogP contribution in [0.25, 0.3) is 10.1 Å². The van der Waals surface area contributed by atoms with E-state index in [4.69, 9.17) is 9.47 Å². The first-order valence-corrected chi connectivity index (χ1v) is 11.1. The predicted molar refractivity (Wildman–Crippen MR) is 118 cm³/mol. The number of ether oxygens (including phenoxy) is 2. The van der Waals surface area contributed by atoms with Crippen molar-refractivity contribution in [3.05, 3.63) is 22.2 Å². The van der Waals surface area contributed by atoms with Crippen molar-refractivity contribution in [2.75, 3.05) is 38.2 Å². The fourth-order valence-corrected chi connectivity index (χ4v) is 4.55. The maximum Gasteiger partial charge on any atom is 0.341 e. The van der Waals surface area contributed by atoms with Crippen LogP contribution in [0, 0.1) is 0 Å². The molecule has 6 nitrogen and oxygen atoms in total. The van der Waals surface area contributed by atoms with Crippen LogP contribution in [0.2, 0.25) is 0 Å². The van der Waals surface area contributed by atoms with Gasteiger partial charge in [0.2, 0.25) is 5.91 Å². The van der Waals surface area contributed by atoms with Gasteiger partial charge in [-0.1, -0.05) is 26.8 Å². The van der Waals surface area contributed by atoms with Gasteiger partial charge in [-0.25, -0.2) is 4.79 Å². The highest BCUT2D eigenvalue weighted by atomic mass is 79.9. The molecule has 1 aromatic heterocycles. The minimum Gasteiger partial charge on any atom is -0.490 e. The summed E-state index contributed by atoms with van der Waals surface area (Å²) >= 11 is 4.88. The number of nitrogens with zero attached hydrogens (tertiary/aromatic N) is 1. The molecule has 2 aromatic rings. The van der Waals surface area contributed by atoms with Crippen LogP contribution in [0.1, 0.15) is 44.5 Å². The van der Waals surface area contributed by atoms with E-state index >= 15 is 0 Å². The first-order chi connectivity index (χ1) is 13.5. The van der Waals surface area contributed by atoms with E-state index in [-0.39, 0.29) is 12.5 Å². The molecule has 0 atom stereocenters. The van der Waals surface area contributed by atoms with E-state index in [1.807, 2.05) is 12.1 Å². The lowest BCUT2D eigenvalue weighted by Crippen LogP contribution is -2.27.